The summed E-state index contributed by atoms with van der Waals surface area (Å²) in [6.07, 6.45) is 6.57. The highest BCUT2D eigenvalue weighted by atomic mass is 79.9. The molecule has 8 nitrogen and oxygen atoms in total. The summed E-state index contributed by atoms with van der Waals surface area (Å²) < 4.78 is 7.12. The van der Waals surface area contributed by atoms with E-state index in [4.69, 9.17) is 21.3 Å². The van der Waals surface area contributed by atoms with E-state index in [1.54, 1.807) is 6.07 Å². The zero-order valence-corrected chi connectivity index (χ0v) is 19.6. The predicted octanol–water partition coefficient (Wildman–Crippen LogP) is 5.66. The molecule has 0 amide bonds. The van der Waals surface area contributed by atoms with Crippen LogP contribution in [0.15, 0.2) is 44.7 Å². The number of nitro groups is 1. The molecule has 0 saturated heterocycles. The molecule has 0 radical (unpaired) electrons. The molecule has 0 spiro atoms. The molecule has 1 heterocycles. The van der Waals surface area contributed by atoms with Gasteiger partial charge in [-0.15, -0.1) is 0 Å². The number of methoxy groups -OCH3 is 1. The number of nitrogens with zero attached hydrogens (tertiary/aromatic N) is 4. The van der Waals surface area contributed by atoms with Gasteiger partial charge in [-0.3, -0.25) is 14.9 Å². The van der Waals surface area contributed by atoms with Crippen molar-refractivity contribution < 1.29 is 9.66 Å². The van der Waals surface area contributed by atoms with Crippen LogP contribution in [0.1, 0.15) is 49.4 Å². The maximum atomic E-state index is 13.3. The second kappa shape index (κ2) is 9.38. The molecule has 4 rings (SSSR count). The Bertz CT molecular complexity index is 1290. The highest BCUT2D eigenvalue weighted by Crippen LogP contribution is 2.35. The summed E-state index contributed by atoms with van der Waals surface area (Å²) in [7, 11) is 1.32. The number of fused-ring (bicyclic) bond motifs is 1. The van der Waals surface area contributed by atoms with Crippen molar-refractivity contribution in [3.8, 4) is 5.75 Å². The molecule has 0 bridgehead atoms. The Labute approximate surface area is 197 Å². The first-order chi connectivity index (χ1) is 15.4. The number of hydrogen-bond acceptors (Lipinski definition) is 6. The minimum atomic E-state index is -0.573. The Morgan fingerprint density at radius 2 is 2.03 bits per heavy atom. The normalized spacial score (nSPS) is 14.8. The number of halogens is 2. The first-order valence-electron chi connectivity index (χ1n) is 10.2. The van der Waals surface area contributed by atoms with Gasteiger partial charge in [0.2, 0.25) is 5.75 Å². The average molecular weight is 520 g/mol. The van der Waals surface area contributed by atoms with Crippen LogP contribution >= 0.6 is 27.5 Å². The van der Waals surface area contributed by atoms with Crippen molar-refractivity contribution in [3.05, 3.63) is 71.7 Å². The second-order valence-corrected chi connectivity index (χ2v) is 8.96. The standard InChI is InChI=1S/C22H20BrClN4O4/c1-32-20-17(24)9-13(10-19(20)28(30)31)12-25-27-21(14-5-3-2-4-6-14)26-18-8-7-15(23)11-16(18)22(27)29/h7-12,14H,2-6H2,1H3. The van der Waals surface area contributed by atoms with Gasteiger partial charge in [-0.1, -0.05) is 46.8 Å². The number of rotatable bonds is 5. The Kier molecular flexibility index (Phi) is 6.57. The molecule has 1 aliphatic carbocycles. The summed E-state index contributed by atoms with van der Waals surface area (Å²) in [5.74, 6) is 0.705. The van der Waals surface area contributed by atoms with Crippen LogP contribution in [-0.2, 0) is 0 Å². The van der Waals surface area contributed by atoms with Gasteiger partial charge in [-0.25, -0.2) is 4.98 Å². The van der Waals surface area contributed by atoms with Crippen LogP contribution in [0, 0.1) is 10.1 Å². The molecule has 0 aliphatic heterocycles. The van der Waals surface area contributed by atoms with E-state index in [1.807, 2.05) is 12.1 Å². The molecular formula is C22H20BrClN4O4. The summed E-state index contributed by atoms with van der Waals surface area (Å²) in [5, 5.41) is 16.3. The maximum Gasteiger partial charge on any atom is 0.313 e. The Balaban J connectivity index is 1.86. The average Bonchev–Trinajstić information content (AvgIpc) is 2.78. The topological polar surface area (TPSA) is 99.6 Å². The lowest BCUT2D eigenvalue weighted by atomic mass is 9.88. The zero-order valence-electron chi connectivity index (χ0n) is 17.3. The zero-order chi connectivity index (χ0) is 22.8. The second-order valence-electron chi connectivity index (χ2n) is 7.64. The number of benzene rings is 2. The van der Waals surface area contributed by atoms with Gasteiger partial charge in [-0.2, -0.15) is 9.78 Å². The minimum Gasteiger partial charge on any atom is -0.489 e. The van der Waals surface area contributed by atoms with Gasteiger partial charge in [0.25, 0.3) is 5.56 Å². The third-order valence-electron chi connectivity index (χ3n) is 5.57. The molecule has 1 aliphatic rings. The number of nitro benzene ring substituents is 1. The number of aromatic nitrogens is 2. The predicted molar refractivity (Wildman–Crippen MR) is 127 cm³/mol. The van der Waals surface area contributed by atoms with Gasteiger partial charge in [0.1, 0.15) is 5.82 Å². The highest BCUT2D eigenvalue weighted by Gasteiger charge is 2.23. The van der Waals surface area contributed by atoms with Crippen LogP contribution in [0.25, 0.3) is 10.9 Å². The SMILES string of the molecule is COc1c(Cl)cc(C=Nn2c(C3CCCCC3)nc3ccc(Br)cc3c2=O)cc1[N+](=O)[O-]. The number of ether oxygens (including phenoxy) is 1. The molecule has 1 saturated carbocycles. The molecule has 166 valence electrons. The van der Waals surface area contributed by atoms with E-state index in [1.165, 1.54) is 36.6 Å². The largest absolute Gasteiger partial charge is 0.489 e. The smallest absolute Gasteiger partial charge is 0.313 e. The summed E-state index contributed by atoms with van der Waals surface area (Å²) in [6, 6.07) is 8.20. The van der Waals surface area contributed by atoms with Crippen molar-refractivity contribution in [2.24, 2.45) is 5.10 Å². The van der Waals surface area contributed by atoms with Crippen molar-refractivity contribution >= 4 is 50.3 Å². The third-order valence-corrected chi connectivity index (χ3v) is 6.35. The third kappa shape index (κ3) is 4.40. The van der Waals surface area contributed by atoms with E-state index in [9.17, 15) is 14.9 Å². The van der Waals surface area contributed by atoms with E-state index in [0.29, 0.717) is 22.3 Å². The van der Waals surface area contributed by atoms with Crippen molar-refractivity contribution in [1.29, 1.82) is 0 Å². The van der Waals surface area contributed by atoms with Crippen molar-refractivity contribution in [2.45, 2.75) is 38.0 Å². The summed E-state index contributed by atoms with van der Waals surface area (Å²) in [4.78, 5) is 29.0. The van der Waals surface area contributed by atoms with Crippen LogP contribution in [0.5, 0.6) is 5.75 Å². The molecule has 3 aromatic rings. The van der Waals surface area contributed by atoms with Gasteiger partial charge in [0.15, 0.2) is 0 Å². The van der Waals surface area contributed by atoms with Crippen LogP contribution in [-0.4, -0.2) is 27.9 Å². The molecule has 0 N–H and O–H groups in total. The van der Waals surface area contributed by atoms with Gasteiger partial charge >= 0.3 is 5.69 Å². The lowest BCUT2D eigenvalue weighted by Gasteiger charge is -2.22. The van der Waals surface area contributed by atoms with Gasteiger partial charge in [0, 0.05) is 22.0 Å². The van der Waals surface area contributed by atoms with Crippen LogP contribution < -0.4 is 10.3 Å². The molecule has 10 heteroatoms. The van der Waals surface area contributed by atoms with Crippen LogP contribution in [0.2, 0.25) is 5.02 Å². The molecule has 1 fully saturated rings. The lowest BCUT2D eigenvalue weighted by molar-refractivity contribution is -0.385. The van der Waals surface area contributed by atoms with Crippen LogP contribution in [0.3, 0.4) is 0 Å². The minimum absolute atomic E-state index is 0.0221. The Morgan fingerprint density at radius 3 is 2.72 bits per heavy atom. The van der Waals surface area contributed by atoms with E-state index >= 15 is 0 Å². The van der Waals surface area contributed by atoms with Gasteiger partial charge in [0.05, 0.1) is 34.2 Å². The van der Waals surface area contributed by atoms with E-state index in [0.717, 1.165) is 30.2 Å². The van der Waals surface area contributed by atoms with E-state index < -0.39 is 4.92 Å². The summed E-state index contributed by atoms with van der Waals surface area (Å²) >= 11 is 9.56. The number of hydrogen-bond donors (Lipinski definition) is 0. The first-order valence-corrected chi connectivity index (χ1v) is 11.3. The Morgan fingerprint density at radius 1 is 1.28 bits per heavy atom. The molecule has 32 heavy (non-hydrogen) atoms. The molecule has 0 atom stereocenters. The molecule has 1 aromatic heterocycles. The fourth-order valence-electron chi connectivity index (χ4n) is 4.04. The Hall–Kier alpha value is -2.78. The van der Waals surface area contributed by atoms with Crippen molar-refractivity contribution in [3.63, 3.8) is 0 Å². The van der Waals surface area contributed by atoms with E-state index in [-0.39, 0.29) is 27.9 Å². The van der Waals surface area contributed by atoms with Gasteiger partial charge in [-0.05, 0) is 37.1 Å². The summed E-state index contributed by atoms with van der Waals surface area (Å²) in [6.45, 7) is 0. The maximum absolute atomic E-state index is 13.3. The highest BCUT2D eigenvalue weighted by molar-refractivity contribution is 9.10. The quantitative estimate of drug-likeness (QED) is 0.246. The first kappa shape index (κ1) is 22.4. The molecular weight excluding hydrogens is 500 g/mol. The van der Waals surface area contributed by atoms with Gasteiger partial charge < -0.3 is 4.74 Å². The van der Waals surface area contributed by atoms with Crippen molar-refractivity contribution in [1.82, 2.24) is 9.66 Å². The molecule has 2 aromatic carbocycles. The fourth-order valence-corrected chi connectivity index (χ4v) is 4.70. The molecule has 0 unspecified atom stereocenters. The monoisotopic (exact) mass is 518 g/mol. The lowest BCUT2D eigenvalue weighted by Crippen LogP contribution is -2.25. The van der Waals surface area contributed by atoms with Crippen LogP contribution in [0.4, 0.5) is 5.69 Å². The van der Waals surface area contributed by atoms with E-state index in [2.05, 4.69) is 21.0 Å². The fraction of sp³-hybridized carbons (Fsp3) is 0.318. The summed E-state index contributed by atoms with van der Waals surface area (Å²) in [5.41, 5.74) is 0.427. The van der Waals surface area contributed by atoms with Crippen molar-refractivity contribution in [2.75, 3.05) is 7.11 Å².